The zero-order valence-corrected chi connectivity index (χ0v) is 15.3. The minimum absolute atomic E-state index is 0.00478. The number of pyridine rings is 1. The maximum Gasteiger partial charge on any atom is 0.259 e. The van der Waals surface area contributed by atoms with Gasteiger partial charge in [0.1, 0.15) is 5.69 Å². The largest absolute Gasteiger partial charge is 0.393 e. The van der Waals surface area contributed by atoms with Crippen molar-refractivity contribution in [2.75, 3.05) is 0 Å². The third kappa shape index (κ3) is 3.29. The number of rotatable bonds is 3. The van der Waals surface area contributed by atoms with Gasteiger partial charge in [-0.1, -0.05) is 12.1 Å². The van der Waals surface area contributed by atoms with Crippen molar-refractivity contribution >= 4 is 20.9 Å². The molecule has 1 aliphatic rings. The van der Waals surface area contributed by atoms with E-state index in [0.717, 1.165) is 18.4 Å². The second-order valence-electron chi connectivity index (χ2n) is 6.89. The smallest absolute Gasteiger partial charge is 0.259 e. The zero-order chi connectivity index (χ0) is 19.2. The van der Waals surface area contributed by atoms with Gasteiger partial charge in [0, 0.05) is 11.8 Å². The van der Waals surface area contributed by atoms with Crippen LogP contribution in [-0.4, -0.2) is 34.4 Å². The molecule has 0 aliphatic heterocycles. The Morgan fingerprint density at radius 2 is 1.78 bits per heavy atom. The first kappa shape index (κ1) is 17.9. The highest BCUT2D eigenvalue weighted by Crippen LogP contribution is 2.33. The molecule has 1 fully saturated rings. The number of primary sulfonamides is 1. The number of fused-ring (bicyclic) bond motifs is 1. The van der Waals surface area contributed by atoms with Crippen LogP contribution in [0.4, 0.5) is 0 Å². The van der Waals surface area contributed by atoms with E-state index in [4.69, 9.17) is 10.2 Å². The summed E-state index contributed by atoms with van der Waals surface area (Å²) in [5.74, 6) is 0. The summed E-state index contributed by atoms with van der Waals surface area (Å²) in [5, 5.41) is 20.1. The number of H-pyrrole nitrogens is 1. The number of sulfonamides is 1. The molecule has 0 radical (unpaired) electrons. The predicted molar refractivity (Wildman–Crippen MR) is 101 cm³/mol. The van der Waals surface area contributed by atoms with Crippen molar-refractivity contribution in [2.24, 2.45) is 5.14 Å². The average molecular weight is 388 g/mol. The fraction of sp³-hybridized carbons (Fsp3) is 0.333. The highest BCUT2D eigenvalue weighted by Gasteiger charge is 2.25. The van der Waals surface area contributed by atoms with Gasteiger partial charge in [-0.05, 0) is 43.9 Å². The van der Waals surface area contributed by atoms with E-state index in [9.17, 15) is 18.3 Å². The van der Waals surface area contributed by atoms with Crippen LogP contribution in [0.2, 0.25) is 0 Å². The molecule has 0 atom stereocenters. The monoisotopic (exact) mass is 388 g/mol. The fourth-order valence-corrected chi connectivity index (χ4v) is 4.20. The van der Waals surface area contributed by atoms with Crippen molar-refractivity contribution < 1.29 is 13.5 Å². The highest BCUT2D eigenvalue weighted by molar-refractivity contribution is 7.89. The predicted octanol–water partition coefficient (Wildman–Crippen LogP) is 1.51. The molecule has 142 valence electrons. The van der Waals surface area contributed by atoms with Crippen LogP contribution in [0.5, 0.6) is 0 Å². The minimum Gasteiger partial charge on any atom is -0.393 e. The number of hydrogen-bond donors (Lipinski definition) is 3. The summed E-state index contributed by atoms with van der Waals surface area (Å²) in [7, 11) is -3.79. The summed E-state index contributed by atoms with van der Waals surface area (Å²) < 4.78 is 24.8. The van der Waals surface area contributed by atoms with E-state index in [1.807, 2.05) is 10.7 Å². The van der Waals surface area contributed by atoms with Crippen LogP contribution in [-0.2, 0) is 10.0 Å². The van der Waals surface area contributed by atoms with E-state index in [1.54, 1.807) is 18.3 Å². The molecule has 9 heteroatoms. The number of nitrogens with zero attached hydrogens (tertiary/aromatic N) is 2. The van der Waals surface area contributed by atoms with Crippen molar-refractivity contribution in [3.63, 3.8) is 0 Å². The molecule has 3 aromatic rings. The molecule has 1 saturated carbocycles. The molecule has 1 aliphatic carbocycles. The second kappa shape index (κ2) is 6.59. The first-order valence-corrected chi connectivity index (χ1v) is 10.3. The Hall–Kier alpha value is -2.49. The van der Waals surface area contributed by atoms with Gasteiger partial charge in [0.25, 0.3) is 5.56 Å². The molecule has 4 N–H and O–H groups in total. The van der Waals surface area contributed by atoms with Crippen molar-refractivity contribution in [3.8, 4) is 11.3 Å². The number of aliphatic hydroxyl groups excluding tert-OH is 1. The van der Waals surface area contributed by atoms with Crippen LogP contribution < -0.4 is 10.7 Å². The molecular formula is C18H20N4O4S. The van der Waals surface area contributed by atoms with Crippen LogP contribution in [0, 0.1) is 0 Å². The minimum atomic E-state index is -3.79. The molecule has 0 spiro atoms. The molecule has 1 aromatic carbocycles. The lowest BCUT2D eigenvalue weighted by Gasteiger charge is -2.26. The maximum atomic E-state index is 12.5. The second-order valence-corrected chi connectivity index (χ2v) is 8.45. The van der Waals surface area contributed by atoms with E-state index in [2.05, 4.69) is 4.98 Å². The van der Waals surface area contributed by atoms with Crippen molar-refractivity contribution in [3.05, 3.63) is 46.9 Å². The first-order chi connectivity index (χ1) is 12.8. The van der Waals surface area contributed by atoms with Crippen molar-refractivity contribution in [1.29, 1.82) is 0 Å². The van der Waals surface area contributed by atoms with Gasteiger partial charge in [0.2, 0.25) is 10.0 Å². The Bertz CT molecular complexity index is 1140. The number of hydrogen-bond acceptors (Lipinski definition) is 5. The van der Waals surface area contributed by atoms with Gasteiger partial charge in [-0.2, -0.15) is 5.10 Å². The molecule has 4 rings (SSSR count). The summed E-state index contributed by atoms with van der Waals surface area (Å²) in [5.41, 5.74) is 1.61. The van der Waals surface area contributed by atoms with E-state index in [-0.39, 0.29) is 22.6 Å². The maximum absolute atomic E-state index is 12.5. The molecule has 27 heavy (non-hydrogen) atoms. The van der Waals surface area contributed by atoms with Crippen molar-refractivity contribution in [1.82, 2.24) is 14.8 Å². The lowest BCUT2D eigenvalue weighted by Crippen LogP contribution is -2.21. The topological polar surface area (TPSA) is 131 Å². The highest BCUT2D eigenvalue weighted by atomic mass is 32.2. The van der Waals surface area contributed by atoms with E-state index < -0.39 is 10.0 Å². The van der Waals surface area contributed by atoms with Gasteiger partial charge in [-0.3, -0.25) is 9.48 Å². The number of aliphatic hydroxyl groups is 1. The average Bonchev–Trinajstić information content (AvgIpc) is 3.03. The molecule has 2 aromatic heterocycles. The zero-order valence-electron chi connectivity index (χ0n) is 14.5. The van der Waals surface area contributed by atoms with Gasteiger partial charge < -0.3 is 10.1 Å². The Kier molecular flexibility index (Phi) is 4.37. The lowest BCUT2D eigenvalue weighted by molar-refractivity contribution is 0.109. The quantitative estimate of drug-likeness (QED) is 0.626. The summed E-state index contributed by atoms with van der Waals surface area (Å²) in [6.07, 6.45) is 4.29. The number of nitrogens with two attached hydrogens (primary N) is 1. The molecule has 0 unspecified atom stereocenters. The molecule has 0 bridgehead atoms. The Morgan fingerprint density at radius 3 is 2.41 bits per heavy atom. The van der Waals surface area contributed by atoms with Crippen LogP contribution in [0.3, 0.4) is 0 Å². The van der Waals surface area contributed by atoms with Crippen molar-refractivity contribution in [2.45, 2.75) is 42.7 Å². The van der Waals surface area contributed by atoms with Gasteiger partial charge in [0.15, 0.2) is 0 Å². The van der Waals surface area contributed by atoms with Crippen LogP contribution >= 0.6 is 0 Å². The molecule has 2 heterocycles. The number of nitrogens with one attached hydrogen (secondary N) is 1. The Morgan fingerprint density at radius 1 is 1.11 bits per heavy atom. The normalized spacial score (nSPS) is 20.8. The van der Waals surface area contributed by atoms with Gasteiger partial charge in [-0.15, -0.1) is 0 Å². The van der Waals surface area contributed by atoms with Crippen LogP contribution in [0.15, 0.2) is 46.2 Å². The lowest BCUT2D eigenvalue weighted by atomic mass is 9.93. The summed E-state index contributed by atoms with van der Waals surface area (Å²) in [6.45, 7) is 0. The number of aromatic amines is 1. The standard InChI is InChI=1S/C18H20N4O4S/c19-27(25,26)14-7-1-11(2-8-14)17-16-15(9-10-20-18(16)24)22(21-17)12-3-5-13(23)6-4-12/h1-2,7-10,12-13,23H,3-6H2,(H,20,24)(H2,19,25,26). The first-order valence-electron chi connectivity index (χ1n) is 8.76. The number of benzene rings is 1. The number of aromatic nitrogens is 3. The third-order valence-corrected chi connectivity index (χ3v) is 6.03. The fourth-order valence-electron chi connectivity index (χ4n) is 3.69. The summed E-state index contributed by atoms with van der Waals surface area (Å²) in [4.78, 5) is 15.2. The molecule has 0 amide bonds. The van der Waals surface area contributed by atoms with Gasteiger partial charge in [-0.25, -0.2) is 13.6 Å². The Labute approximate surface area is 155 Å². The van der Waals surface area contributed by atoms with Gasteiger partial charge in [0.05, 0.1) is 27.9 Å². The third-order valence-electron chi connectivity index (χ3n) is 5.10. The molecular weight excluding hydrogens is 368 g/mol. The molecule has 8 nitrogen and oxygen atoms in total. The van der Waals surface area contributed by atoms with Crippen LogP contribution in [0.1, 0.15) is 31.7 Å². The Balaban J connectivity index is 1.85. The molecule has 0 saturated heterocycles. The summed E-state index contributed by atoms with van der Waals surface area (Å²) >= 11 is 0. The summed E-state index contributed by atoms with van der Waals surface area (Å²) in [6, 6.07) is 7.94. The SMILES string of the molecule is NS(=O)(=O)c1ccc(-c2nn(C3CCC(O)CC3)c3cc[nH]c(=O)c23)cc1. The van der Waals surface area contributed by atoms with E-state index >= 15 is 0 Å². The van der Waals surface area contributed by atoms with Crippen LogP contribution in [0.25, 0.3) is 22.2 Å². The van der Waals surface area contributed by atoms with E-state index in [0.29, 0.717) is 29.5 Å². The van der Waals surface area contributed by atoms with Gasteiger partial charge >= 0.3 is 0 Å². The van der Waals surface area contributed by atoms with E-state index in [1.165, 1.54) is 12.1 Å².